The lowest BCUT2D eigenvalue weighted by atomic mass is 10.3. The Kier molecular flexibility index (Phi) is 6.62. The lowest BCUT2D eigenvalue weighted by molar-refractivity contribution is 0.425. The molecule has 0 atom stereocenters. The summed E-state index contributed by atoms with van der Waals surface area (Å²) in [6.45, 7) is 0.0327. The third kappa shape index (κ3) is 4.42. The Bertz CT molecular complexity index is 666. The SMILES string of the molecule is N#CCCN(CCC#N)S(=O)(=O)c1c(N)cc(Br)cc1Br. The van der Waals surface area contributed by atoms with Crippen LogP contribution in [0.1, 0.15) is 12.8 Å². The first-order valence-electron chi connectivity index (χ1n) is 5.83. The van der Waals surface area contributed by atoms with Crippen LogP contribution in [0.2, 0.25) is 0 Å². The molecule has 2 N–H and O–H groups in total. The van der Waals surface area contributed by atoms with E-state index in [1.807, 2.05) is 12.1 Å². The fourth-order valence-corrected chi connectivity index (χ4v) is 5.14. The van der Waals surface area contributed by atoms with E-state index in [1.54, 1.807) is 6.07 Å². The summed E-state index contributed by atoms with van der Waals surface area (Å²) in [4.78, 5) is -0.0541. The highest BCUT2D eigenvalue weighted by atomic mass is 79.9. The molecular formula is C12H12Br2N4O2S. The number of nitrogen functional groups attached to an aromatic ring is 1. The van der Waals surface area contributed by atoms with Crippen LogP contribution in [-0.2, 0) is 10.0 Å². The zero-order chi connectivity index (χ0) is 16.0. The Morgan fingerprint density at radius 3 is 2.10 bits per heavy atom. The maximum Gasteiger partial charge on any atom is 0.246 e. The number of rotatable bonds is 6. The van der Waals surface area contributed by atoms with Gasteiger partial charge in [-0.3, -0.25) is 0 Å². The summed E-state index contributed by atoms with van der Waals surface area (Å²) in [5.41, 5.74) is 5.90. The molecule has 0 spiro atoms. The molecule has 0 aromatic heterocycles. The molecule has 0 amide bonds. The van der Waals surface area contributed by atoms with Gasteiger partial charge in [0, 0.05) is 34.9 Å². The van der Waals surface area contributed by atoms with E-state index in [-0.39, 0.29) is 36.5 Å². The van der Waals surface area contributed by atoms with Gasteiger partial charge in [-0.1, -0.05) is 15.9 Å². The molecule has 1 aromatic carbocycles. The van der Waals surface area contributed by atoms with Crippen molar-refractivity contribution in [1.29, 1.82) is 10.5 Å². The third-order valence-electron chi connectivity index (χ3n) is 2.58. The predicted octanol–water partition coefficient (Wildman–Crippen LogP) is 2.61. The number of nitrogens with zero attached hydrogens (tertiary/aromatic N) is 3. The van der Waals surface area contributed by atoms with E-state index in [1.165, 1.54) is 6.07 Å². The maximum atomic E-state index is 12.7. The van der Waals surface area contributed by atoms with Crippen LogP contribution < -0.4 is 5.73 Å². The number of sulfonamides is 1. The molecule has 0 saturated heterocycles. The topological polar surface area (TPSA) is 111 Å². The monoisotopic (exact) mass is 434 g/mol. The lowest BCUT2D eigenvalue weighted by Crippen LogP contribution is -2.33. The highest BCUT2D eigenvalue weighted by Gasteiger charge is 2.28. The highest BCUT2D eigenvalue weighted by molar-refractivity contribution is 9.11. The molecule has 0 heterocycles. The molecule has 0 aliphatic heterocycles. The minimum absolute atomic E-state index is 0.0163. The second-order valence-corrected chi connectivity index (χ2v) is 7.67. The Labute approximate surface area is 140 Å². The second kappa shape index (κ2) is 7.76. The van der Waals surface area contributed by atoms with Gasteiger partial charge in [0.1, 0.15) is 4.90 Å². The van der Waals surface area contributed by atoms with E-state index in [2.05, 4.69) is 31.9 Å². The number of halogens is 2. The molecule has 0 fully saturated rings. The summed E-state index contributed by atoms with van der Waals surface area (Å²) >= 11 is 6.42. The van der Waals surface area contributed by atoms with Crippen LogP contribution in [0.25, 0.3) is 0 Å². The number of nitriles is 2. The standard InChI is InChI=1S/C12H12Br2N4O2S/c13-9-7-10(14)12(11(17)8-9)21(19,20)18(5-1-3-15)6-2-4-16/h7-8H,1-2,5-6,17H2. The zero-order valence-corrected chi connectivity index (χ0v) is 14.9. The van der Waals surface area contributed by atoms with Gasteiger partial charge in [0.05, 0.1) is 17.8 Å². The first-order chi connectivity index (χ1) is 9.84. The van der Waals surface area contributed by atoms with Crippen molar-refractivity contribution in [2.24, 2.45) is 0 Å². The van der Waals surface area contributed by atoms with E-state index in [9.17, 15) is 8.42 Å². The van der Waals surface area contributed by atoms with Crippen LogP contribution in [0.3, 0.4) is 0 Å². The van der Waals surface area contributed by atoms with Crippen molar-refractivity contribution in [3.63, 3.8) is 0 Å². The molecule has 0 aliphatic rings. The average Bonchev–Trinajstić information content (AvgIpc) is 2.36. The summed E-state index contributed by atoms with van der Waals surface area (Å²) in [6, 6.07) is 6.86. The average molecular weight is 436 g/mol. The van der Waals surface area contributed by atoms with Crippen LogP contribution in [0.15, 0.2) is 26.0 Å². The summed E-state index contributed by atoms with van der Waals surface area (Å²) in [7, 11) is -3.89. The van der Waals surface area contributed by atoms with E-state index < -0.39 is 10.0 Å². The van der Waals surface area contributed by atoms with Crippen LogP contribution in [0.5, 0.6) is 0 Å². The van der Waals surface area contributed by atoms with Gasteiger partial charge in [-0.2, -0.15) is 14.8 Å². The smallest absolute Gasteiger partial charge is 0.246 e. The van der Waals surface area contributed by atoms with Gasteiger partial charge in [-0.05, 0) is 28.1 Å². The molecule has 0 bridgehead atoms. The summed E-state index contributed by atoms with van der Waals surface area (Å²) in [5.74, 6) is 0. The number of benzene rings is 1. The molecule has 1 rings (SSSR count). The van der Waals surface area contributed by atoms with Gasteiger partial charge in [0.2, 0.25) is 10.0 Å². The fourth-order valence-electron chi connectivity index (χ4n) is 1.68. The van der Waals surface area contributed by atoms with Crippen molar-refractivity contribution in [2.75, 3.05) is 18.8 Å². The molecule has 0 radical (unpaired) electrons. The number of anilines is 1. The van der Waals surface area contributed by atoms with Crippen molar-refractivity contribution < 1.29 is 8.42 Å². The van der Waals surface area contributed by atoms with Crippen LogP contribution in [0, 0.1) is 22.7 Å². The molecule has 9 heteroatoms. The van der Waals surface area contributed by atoms with Crippen LogP contribution in [0.4, 0.5) is 5.69 Å². The van der Waals surface area contributed by atoms with Gasteiger partial charge in [-0.25, -0.2) is 8.42 Å². The van der Waals surface area contributed by atoms with Gasteiger partial charge in [0.25, 0.3) is 0 Å². The second-order valence-electron chi connectivity index (χ2n) is 4.03. The maximum absolute atomic E-state index is 12.7. The van der Waals surface area contributed by atoms with E-state index in [4.69, 9.17) is 16.3 Å². The Morgan fingerprint density at radius 2 is 1.67 bits per heavy atom. The minimum Gasteiger partial charge on any atom is -0.398 e. The lowest BCUT2D eigenvalue weighted by Gasteiger charge is -2.22. The van der Waals surface area contributed by atoms with Crippen molar-refractivity contribution in [2.45, 2.75) is 17.7 Å². The predicted molar refractivity (Wildman–Crippen MR) is 85.5 cm³/mol. The first-order valence-corrected chi connectivity index (χ1v) is 8.85. The first kappa shape index (κ1) is 17.9. The Morgan fingerprint density at radius 1 is 1.14 bits per heavy atom. The van der Waals surface area contributed by atoms with E-state index in [0.717, 1.165) is 4.31 Å². The third-order valence-corrected chi connectivity index (χ3v) is 5.94. The zero-order valence-electron chi connectivity index (χ0n) is 10.9. The van der Waals surface area contributed by atoms with E-state index >= 15 is 0 Å². The molecule has 0 unspecified atom stereocenters. The van der Waals surface area contributed by atoms with Gasteiger partial charge in [-0.15, -0.1) is 0 Å². The molecule has 21 heavy (non-hydrogen) atoms. The van der Waals surface area contributed by atoms with Crippen molar-refractivity contribution in [3.05, 3.63) is 21.1 Å². The Hall–Kier alpha value is -1.13. The van der Waals surface area contributed by atoms with Gasteiger partial charge in [0.15, 0.2) is 0 Å². The molecule has 0 saturated carbocycles. The van der Waals surface area contributed by atoms with Gasteiger partial charge < -0.3 is 5.73 Å². The normalized spacial score (nSPS) is 11.1. The minimum atomic E-state index is -3.89. The van der Waals surface area contributed by atoms with Crippen LogP contribution >= 0.6 is 31.9 Å². The summed E-state index contributed by atoms with van der Waals surface area (Å²) in [5, 5.41) is 17.3. The molecule has 112 valence electrons. The molecule has 0 aliphatic carbocycles. The number of nitrogens with two attached hydrogens (primary N) is 1. The summed E-state index contributed by atoms with van der Waals surface area (Å²) in [6.07, 6.45) is 0.0808. The van der Waals surface area contributed by atoms with Crippen LogP contribution in [-0.4, -0.2) is 25.8 Å². The Balaban J connectivity index is 3.29. The van der Waals surface area contributed by atoms with E-state index in [0.29, 0.717) is 8.95 Å². The van der Waals surface area contributed by atoms with Gasteiger partial charge >= 0.3 is 0 Å². The number of hydrogen-bond acceptors (Lipinski definition) is 5. The summed E-state index contributed by atoms with van der Waals surface area (Å²) < 4.78 is 27.4. The van der Waals surface area contributed by atoms with Crippen molar-refractivity contribution in [1.82, 2.24) is 4.31 Å². The van der Waals surface area contributed by atoms with Crippen molar-refractivity contribution in [3.8, 4) is 12.1 Å². The quantitative estimate of drug-likeness (QED) is 0.690. The molecule has 6 nitrogen and oxygen atoms in total. The molecule has 1 aromatic rings. The number of hydrogen-bond donors (Lipinski definition) is 1. The largest absolute Gasteiger partial charge is 0.398 e. The fraction of sp³-hybridized carbons (Fsp3) is 0.333. The van der Waals surface area contributed by atoms with Crippen molar-refractivity contribution >= 4 is 47.6 Å². The molecular weight excluding hydrogens is 424 g/mol. The highest BCUT2D eigenvalue weighted by Crippen LogP contribution is 2.33.